The minimum atomic E-state index is 1.97. The van der Waals surface area contributed by atoms with Crippen molar-refractivity contribution < 1.29 is 0 Å². The van der Waals surface area contributed by atoms with E-state index in [9.17, 15) is 0 Å². The Morgan fingerprint density at radius 1 is 0.500 bits per heavy atom. The van der Waals surface area contributed by atoms with Gasteiger partial charge in [-0.15, -0.1) is 0 Å². The van der Waals surface area contributed by atoms with Gasteiger partial charge in [-0.3, -0.25) is 0 Å². The fraction of sp³-hybridized carbons (Fsp3) is 0. The monoisotopic (exact) mass is 358 g/mol. The van der Waals surface area contributed by atoms with Crippen LogP contribution in [0.1, 0.15) is 0 Å². The molecule has 0 nitrogen and oxygen atoms in total. The second-order valence-corrected chi connectivity index (χ2v) is 2.85. The minimum absolute atomic E-state index is 1.97. The van der Waals surface area contributed by atoms with Crippen LogP contribution < -0.4 is 0 Å². The summed E-state index contributed by atoms with van der Waals surface area (Å²) in [7, 11) is 0. The summed E-state index contributed by atoms with van der Waals surface area (Å²) >= 11 is 4.37. The van der Waals surface area contributed by atoms with E-state index in [0.29, 0.717) is 0 Å². The Bertz CT molecular complexity index is 144. The molecular formula is C8H8I2. The van der Waals surface area contributed by atoms with Crippen LogP contribution in [-0.2, 0) is 0 Å². The van der Waals surface area contributed by atoms with E-state index in [0.717, 1.165) is 0 Å². The maximum Gasteiger partial charge on any atom is -0.0234 e. The average molecular weight is 358 g/mol. The van der Waals surface area contributed by atoms with Gasteiger partial charge >= 0.3 is 0 Å². The summed E-state index contributed by atoms with van der Waals surface area (Å²) in [5.74, 6) is 0. The second-order valence-electron chi connectivity index (χ2n) is 1.41. The van der Waals surface area contributed by atoms with Crippen LogP contribution >= 0.6 is 45.2 Å². The molecule has 10 heavy (non-hydrogen) atoms. The molecule has 54 valence electrons. The van der Waals surface area contributed by atoms with Gasteiger partial charge in [0, 0.05) is 0 Å². The molecule has 0 fully saturated rings. The highest BCUT2D eigenvalue weighted by atomic mass is 127. The second kappa shape index (κ2) is 9.42. The van der Waals surface area contributed by atoms with Crippen molar-refractivity contribution in [1.29, 1.82) is 0 Å². The van der Waals surface area contributed by atoms with E-state index in [4.69, 9.17) is 0 Å². The highest BCUT2D eigenvalue weighted by Gasteiger charge is 1.59. The Balaban J connectivity index is 3.51. The zero-order chi connectivity index (χ0) is 7.66. The summed E-state index contributed by atoms with van der Waals surface area (Å²) in [6, 6.07) is 0. The molecule has 0 aliphatic rings. The fourth-order valence-corrected chi connectivity index (χ4v) is 0.820. The first-order valence-corrected chi connectivity index (χ1v) is 5.26. The summed E-state index contributed by atoms with van der Waals surface area (Å²) in [6.07, 6.45) is 11.9. The summed E-state index contributed by atoms with van der Waals surface area (Å²) < 4.78 is 3.94. The van der Waals surface area contributed by atoms with Gasteiger partial charge in [0.25, 0.3) is 0 Å². The zero-order valence-corrected chi connectivity index (χ0v) is 9.69. The lowest BCUT2D eigenvalue weighted by atomic mass is 10.4. The van der Waals surface area contributed by atoms with Gasteiger partial charge in [0.2, 0.25) is 0 Å². The number of rotatable bonds is 3. The normalized spacial score (nSPS) is 13.4. The standard InChI is InChI=1S/C8H8I2/c9-7-5-3-1-2-4-6-8-10/h1-8H/b3-1+,4-2+,7-5+,8-6+. The highest BCUT2D eigenvalue weighted by Crippen LogP contribution is 1.87. The molecule has 0 unspecified atom stereocenters. The van der Waals surface area contributed by atoms with E-state index in [1.807, 2.05) is 44.6 Å². The first-order chi connectivity index (χ1) is 4.91. The van der Waals surface area contributed by atoms with E-state index in [2.05, 4.69) is 45.2 Å². The van der Waals surface area contributed by atoms with Crippen LogP contribution in [-0.4, -0.2) is 0 Å². The van der Waals surface area contributed by atoms with Gasteiger partial charge in [0.1, 0.15) is 0 Å². The summed E-state index contributed by atoms with van der Waals surface area (Å²) in [5, 5.41) is 0. The van der Waals surface area contributed by atoms with Gasteiger partial charge in [0.15, 0.2) is 0 Å². The predicted molar refractivity (Wildman–Crippen MR) is 64.6 cm³/mol. The zero-order valence-electron chi connectivity index (χ0n) is 5.37. The lowest BCUT2D eigenvalue weighted by molar-refractivity contribution is 1.91. The highest BCUT2D eigenvalue weighted by molar-refractivity contribution is 14.1. The van der Waals surface area contributed by atoms with Crippen molar-refractivity contribution in [1.82, 2.24) is 0 Å². The topological polar surface area (TPSA) is 0 Å². The van der Waals surface area contributed by atoms with Crippen LogP contribution in [0.3, 0.4) is 0 Å². The Morgan fingerprint density at radius 3 is 1.10 bits per heavy atom. The number of hydrogen-bond acceptors (Lipinski definition) is 0. The third-order valence-corrected chi connectivity index (χ3v) is 1.53. The molecular weight excluding hydrogens is 350 g/mol. The lowest BCUT2D eigenvalue weighted by Crippen LogP contribution is -1.47. The first kappa shape index (κ1) is 10.4. The molecule has 0 bridgehead atoms. The van der Waals surface area contributed by atoms with Crippen LogP contribution in [0.25, 0.3) is 0 Å². The molecule has 0 spiro atoms. The SMILES string of the molecule is I/C=C/C=C/C=C/C=C/I. The Hall–Kier alpha value is 0.420. The van der Waals surface area contributed by atoms with Crippen molar-refractivity contribution in [3.63, 3.8) is 0 Å². The van der Waals surface area contributed by atoms with Gasteiger partial charge in [-0.05, 0) is 8.17 Å². The molecule has 0 atom stereocenters. The van der Waals surface area contributed by atoms with E-state index in [-0.39, 0.29) is 0 Å². The molecule has 0 aromatic rings. The molecule has 0 radical (unpaired) electrons. The van der Waals surface area contributed by atoms with Crippen molar-refractivity contribution in [3.8, 4) is 0 Å². The van der Waals surface area contributed by atoms with E-state index in [1.54, 1.807) is 0 Å². The number of halogens is 2. The smallest absolute Gasteiger partial charge is 0.0234 e. The molecule has 0 aromatic heterocycles. The third-order valence-electron chi connectivity index (χ3n) is 0.701. The Labute approximate surface area is 89.1 Å². The molecule has 0 heterocycles. The number of allylic oxidation sites excluding steroid dienone is 6. The molecule has 0 N–H and O–H groups in total. The van der Waals surface area contributed by atoms with Gasteiger partial charge in [-0.2, -0.15) is 0 Å². The van der Waals surface area contributed by atoms with Gasteiger partial charge in [-0.25, -0.2) is 0 Å². The molecule has 0 aliphatic heterocycles. The van der Waals surface area contributed by atoms with Crippen molar-refractivity contribution in [2.24, 2.45) is 0 Å². The molecule has 0 amide bonds. The maximum absolute atomic E-state index is 2.18. The van der Waals surface area contributed by atoms with Crippen LogP contribution in [0.2, 0.25) is 0 Å². The van der Waals surface area contributed by atoms with Crippen LogP contribution in [0.5, 0.6) is 0 Å². The average Bonchev–Trinajstić information content (AvgIpc) is 1.97. The van der Waals surface area contributed by atoms with Crippen LogP contribution in [0.4, 0.5) is 0 Å². The summed E-state index contributed by atoms with van der Waals surface area (Å²) in [4.78, 5) is 0. The molecule has 0 aliphatic carbocycles. The van der Waals surface area contributed by atoms with E-state index >= 15 is 0 Å². The van der Waals surface area contributed by atoms with Crippen molar-refractivity contribution in [2.75, 3.05) is 0 Å². The van der Waals surface area contributed by atoms with Crippen molar-refractivity contribution >= 4 is 45.2 Å². The van der Waals surface area contributed by atoms with Crippen molar-refractivity contribution in [3.05, 3.63) is 44.6 Å². The Morgan fingerprint density at radius 2 is 0.800 bits per heavy atom. The number of hydrogen-bond donors (Lipinski definition) is 0. The van der Waals surface area contributed by atoms with Gasteiger partial charge < -0.3 is 0 Å². The van der Waals surface area contributed by atoms with E-state index in [1.165, 1.54) is 0 Å². The maximum atomic E-state index is 2.18. The quantitative estimate of drug-likeness (QED) is 0.529. The van der Waals surface area contributed by atoms with Gasteiger partial charge in [0.05, 0.1) is 0 Å². The summed E-state index contributed by atoms with van der Waals surface area (Å²) in [5.41, 5.74) is 0. The van der Waals surface area contributed by atoms with Crippen LogP contribution in [0.15, 0.2) is 44.6 Å². The first-order valence-electron chi connectivity index (χ1n) is 2.77. The predicted octanol–water partition coefficient (Wildman–Crippen LogP) is 4.00. The molecule has 0 saturated carbocycles. The van der Waals surface area contributed by atoms with Crippen LogP contribution in [0, 0.1) is 0 Å². The molecule has 0 rings (SSSR count). The third kappa shape index (κ3) is 8.42. The summed E-state index contributed by atoms with van der Waals surface area (Å²) in [6.45, 7) is 0. The fourth-order valence-electron chi connectivity index (χ4n) is 0.341. The van der Waals surface area contributed by atoms with Crippen molar-refractivity contribution in [2.45, 2.75) is 0 Å². The van der Waals surface area contributed by atoms with Gasteiger partial charge in [-0.1, -0.05) is 81.6 Å². The lowest BCUT2D eigenvalue weighted by Gasteiger charge is -1.70. The Kier molecular flexibility index (Phi) is 9.82. The molecule has 0 aromatic carbocycles. The minimum Gasteiger partial charge on any atom is -0.0623 e. The van der Waals surface area contributed by atoms with E-state index < -0.39 is 0 Å². The molecule has 0 saturated heterocycles. The molecule has 2 heteroatoms. The largest absolute Gasteiger partial charge is 0.0623 e.